The van der Waals surface area contributed by atoms with E-state index in [1.165, 1.54) is 32.2 Å². The van der Waals surface area contributed by atoms with Crippen LogP contribution in [-0.4, -0.2) is 29.8 Å². The van der Waals surface area contributed by atoms with E-state index in [-0.39, 0.29) is 16.9 Å². The van der Waals surface area contributed by atoms with Crippen molar-refractivity contribution >= 4 is 23.2 Å². The van der Waals surface area contributed by atoms with E-state index < -0.39 is 22.8 Å². The monoisotopic (exact) mass is 266 g/mol. The van der Waals surface area contributed by atoms with Crippen molar-refractivity contribution in [1.29, 1.82) is 0 Å². The highest BCUT2D eigenvalue weighted by molar-refractivity contribution is 6.03. The summed E-state index contributed by atoms with van der Waals surface area (Å²) in [5.41, 5.74) is 4.97. The molecule has 1 rings (SSSR count). The molecule has 0 fully saturated rings. The van der Waals surface area contributed by atoms with Crippen LogP contribution in [-0.2, 0) is 4.79 Å². The van der Waals surface area contributed by atoms with Crippen molar-refractivity contribution in [1.82, 2.24) is 5.32 Å². The number of nitro benzene ring substituents is 1. The van der Waals surface area contributed by atoms with Crippen molar-refractivity contribution in [2.45, 2.75) is 13.0 Å². The molecule has 1 aromatic carbocycles. The van der Waals surface area contributed by atoms with Gasteiger partial charge in [-0.3, -0.25) is 19.7 Å². The van der Waals surface area contributed by atoms with Crippen LogP contribution in [0.1, 0.15) is 17.3 Å². The van der Waals surface area contributed by atoms with Gasteiger partial charge in [0, 0.05) is 13.1 Å². The number of benzene rings is 1. The first kappa shape index (κ1) is 14.4. The number of nitrogens with one attached hydrogen (secondary N) is 2. The predicted molar refractivity (Wildman–Crippen MR) is 68.8 cm³/mol. The van der Waals surface area contributed by atoms with Crippen molar-refractivity contribution in [2.75, 3.05) is 12.4 Å². The SMILES string of the molecule is CNc1c(C(=O)NC(C)C(N)=O)cccc1[N+](=O)[O-]. The van der Waals surface area contributed by atoms with E-state index in [9.17, 15) is 19.7 Å². The normalized spacial score (nSPS) is 11.5. The Morgan fingerprint density at radius 1 is 1.42 bits per heavy atom. The number of nitrogens with two attached hydrogens (primary N) is 1. The van der Waals surface area contributed by atoms with E-state index in [4.69, 9.17) is 5.73 Å². The van der Waals surface area contributed by atoms with E-state index in [1.807, 2.05) is 0 Å². The maximum Gasteiger partial charge on any atom is 0.293 e. The largest absolute Gasteiger partial charge is 0.382 e. The number of primary amides is 1. The lowest BCUT2D eigenvalue weighted by atomic mass is 10.1. The van der Waals surface area contributed by atoms with Gasteiger partial charge in [0.25, 0.3) is 11.6 Å². The number of carbonyl (C=O) groups is 2. The fourth-order valence-corrected chi connectivity index (χ4v) is 1.49. The van der Waals surface area contributed by atoms with E-state index in [1.54, 1.807) is 0 Å². The van der Waals surface area contributed by atoms with E-state index in [2.05, 4.69) is 10.6 Å². The highest BCUT2D eigenvalue weighted by Crippen LogP contribution is 2.27. The van der Waals surface area contributed by atoms with Gasteiger partial charge in [-0.1, -0.05) is 6.07 Å². The molecule has 0 saturated carbocycles. The Morgan fingerprint density at radius 3 is 2.53 bits per heavy atom. The van der Waals surface area contributed by atoms with Gasteiger partial charge < -0.3 is 16.4 Å². The van der Waals surface area contributed by atoms with Gasteiger partial charge in [-0.2, -0.15) is 0 Å². The molecule has 0 saturated heterocycles. The summed E-state index contributed by atoms with van der Waals surface area (Å²) in [5, 5.41) is 15.8. The van der Waals surface area contributed by atoms with Gasteiger partial charge >= 0.3 is 0 Å². The molecule has 0 aliphatic rings. The zero-order chi connectivity index (χ0) is 14.6. The number of amides is 2. The Hall–Kier alpha value is -2.64. The topological polar surface area (TPSA) is 127 Å². The van der Waals surface area contributed by atoms with Gasteiger partial charge in [-0.15, -0.1) is 0 Å². The van der Waals surface area contributed by atoms with E-state index in [0.717, 1.165) is 0 Å². The second-order valence-corrected chi connectivity index (χ2v) is 3.80. The molecule has 0 heterocycles. The third-order valence-corrected chi connectivity index (χ3v) is 2.51. The lowest BCUT2D eigenvalue weighted by molar-refractivity contribution is -0.384. The highest BCUT2D eigenvalue weighted by Gasteiger charge is 2.22. The minimum Gasteiger partial charge on any atom is -0.382 e. The van der Waals surface area contributed by atoms with Gasteiger partial charge in [0.2, 0.25) is 5.91 Å². The number of para-hydroxylation sites is 1. The molecular formula is C11H14N4O4. The summed E-state index contributed by atoms with van der Waals surface area (Å²) in [6, 6.07) is 3.22. The van der Waals surface area contributed by atoms with E-state index in [0.29, 0.717) is 0 Å². The van der Waals surface area contributed by atoms with Crippen LogP contribution in [0.3, 0.4) is 0 Å². The number of hydrogen-bond acceptors (Lipinski definition) is 5. The fraction of sp³-hybridized carbons (Fsp3) is 0.273. The first-order valence-corrected chi connectivity index (χ1v) is 5.43. The standard InChI is InChI=1S/C11H14N4O4/c1-6(10(12)16)14-11(17)7-4-3-5-8(15(18)19)9(7)13-2/h3-6,13H,1-2H3,(H2,12,16)(H,14,17). The molecule has 4 N–H and O–H groups in total. The van der Waals surface area contributed by atoms with Crippen LogP contribution >= 0.6 is 0 Å². The summed E-state index contributed by atoms with van der Waals surface area (Å²) in [7, 11) is 1.47. The van der Waals surface area contributed by atoms with Crippen LogP contribution in [0.5, 0.6) is 0 Å². The van der Waals surface area contributed by atoms with Crippen molar-refractivity contribution in [3.63, 3.8) is 0 Å². The zero-order valence-electron chi connectivity index (χ0n) is 10.5. The number of hydrogen-bond donors (Lipinski definition) is 3. The van der Waals surface area contributed by atoms with Gasteiger partial charge in [-0.05, 0) is 13.0 Å². The summed E-state index contributed by atoms with van der Waals surface area (Å²) in [5.74, 6) is -1.30. The maximum absolute atomic E-state index is 11.9. The van der Waals surface area contributed by atoms with Gasteiger partial charge in [0.15, 0.2) is 0 Å². The molecule has 8 nitrogen and oxygen atoms in total. The van der Waals surface area contributed by atoms with Crippen LogP contribution in [0.2, 0.25) is 0 Å². The Balaban J connectivity index is 3.13. The molecule has 0 bridgehead atoms. The lowest BCUT2D eigenvalue weighted by Crippen LogP contribution is -2.42. The Morgan fingerprint density at radius 2 is 2.05 bits per heavy atom. The molecule has 8 heteroatoms. The first-order valence-electron chi connectivity index (χ1n) is 5.43. The maximum atomic E-state index is 11.9. The number of nitrogens with zero attached hydrogens (tertiary/aromatic N) is 1. The van der Waals surface area contributed by atoms with Crippen LogP contribution in [0.25, 0.3) is 0 Å². The Kier molecular flexibility index (Phi) is 4.41. The van der Waals surface area contributed by atoms with Crippen molar-refractivity contribution in [3.05, 3.63) is 33.9 Å². The second-order valence-electron chi connectivity index (χ2n) is 3.80. The molecule has 0 aliphatic carbocycles. The second kappa shape index (κ2) is 5.80. The molecular weight excluding hydrogens is 252 g/mol. The van der Waals surface area contributed by atoms with Gasteiger partial charge in [-0.25, -0.2) is 0 Å². The van der Waals surface area contributed by atoms with Crippen molar-refractivity contribution in [3.8, 4) is 0 Å². The van der Waals surface area contributed by atoms with E-state index >= 15 is 0 Å². The number of rotatable bonds is 5. The van der Waals surface area contributed by atoms with Crippen molar-refractivity contribution in [2.24, 2.45) is 5.73 Å². The smallest absolute Gasteiger partial charge is 0.293 e. The quantitative estimate of drug-likeness (QED) is 0.519. The molecule has 2 amide bonds. The Labute approximate surface area is 109 Å². The average Bonchev–Trinajstić information content (AvgIpc) is 2.37. The molecule has 0 aliphatic heterocycles. The molecule has 1 unspecified atom stereocenters. The molecule has 0 radical (unpaired) electrons. The lowest BCUT2D eigenvalue weighted by Gasteiger charge is -2.12. The summed E-state index contributed by atoms with van der Waals surface area (Å²) in [6.45, 7) is 1.43. The third kappa shape index (κ3) is 3.18. The molecule has 0 aromatic heterocycles. The number of anilines is 1. The fourth-order valence-electron chi connectivity index (χ4n) is 1.49. The molecule has 19 heavy (non-hydrogen) atoms. The minimum atomic E-state index is -0.864. The Bertz CT molecular complexity index is 529. The molecule has 1 atom stereocenters. The van der Waals surface area contributed by atoms with Crippen LogP contribution in [0.4, 0.5) is 11.4 Å². The summed E-state index contributed by atoms with van der Waals surface area (Å²) >= 11 is 0. The minimum absolute atomic E-state index is 0.0739. The van der Waals surface area contributed by atoms with Crippen molar-refractivity contribution < 1.29 is 14.5 Å². The van der Waals surface area contributed by atoms with Crippen LogP contribution in [0, 0.1) is 10.1 Å². The molecule has 1 aromatic rings. The summed E-state index contributed by atoms with van der Waals surface area (Å²) < 4.78 is 0. The number of nitro groups is 1. The van der Waals surface area contributed by atoms with Crippen LogP contribution in [0.15, 0.2) is 18.2 Å². The highest BCUT2D eigenvalue weighted by atomic mass is 16.6. The molecule has 0 spiro atoms. The van der Waals surface area contributed by atoms with Gasteiger partial charge in [0.05, 0.1) is 10.5 Å². The first-order chi connectivity index (χ1) is 8.88. The number of carbonyl (C=O) groups excluding carboxylic acids is 2. The summed E-state index contributed by atoms with van der Waals surface area (Å²) in [4.78, 5) is 33.1. The molecule has 102 valence electrons. The van der Waals surface area contributed by atoms with Crippen LogP contribution < -0.4 is 16.4 Å². The third-order valence-electron chi connectivity index (χ3n) is 2.51. The average molecular weight is 266 g/mol. The zero-order valence-corrected chi connectivity index (χ0v) is 10.5. The van der Waals surface area contributed by atoms with Gasteiger partial charge in [0.1, 0.15) is 11.7 Å². The summed E-state index contributed by atoms with van der Waals surface area (Å²) in [6.07, 6.45) is 0. The predicted octanol–water partition coefficient (Wildman–Crippen LogP) is 0.240.